The molecule has 2 aromatic carbocycles. The molecule has 0 saturated carbocycles. The number of nitrogens with zero attached hydrogens (tertiary/aromatic N) is 2. The lowest BCUT2D eigenvalue weighted by Crippen LogP contribution is -2.28. The van der Waals surface area contributed by atoms with Gasteiger partial charge in [0.25, 0.3) is 0 Å². The van der Waals surface area contributed by atoms with E-state index in [-0.39, 0.29) is 22.3 Å². The molecule has 2 aliphatic rings. The van der Waals surface area contributed by atoms with E-state index in [9.17, 15) is 25.9 Å². The lowest BCUT2D eigenvalue weighted by Gasteiger charge is -2.27. The van der Waals surface area contributed by atoms with Crippen LogP contribution in [0.15, 0.2) is 108 Å². The number of allylic oxidation sites excluding steroid dienone is 6. The first kappa shape index (κ1) is 39.1. The highest BCUT2D eigenvalue weighted by molar-refractivity contribution is 7.85. The van der Waals surface area contributed by atoms with Crippen LogP contribution in [-0.2, 0) is 31.1 Å². The van der Waals surface area contributed by atoms with Gasteiger partial charge in [-0.2, -0.15) is 4.58 Å². The van der Waals surface area contributed by atoms with E-state index in [1.807, 2.05) is 30.4 Å². The Balaban J connectivity index is 1.30. The molecule has 8 nitrogen and oxygen atoms in total. The van der Waals surface area contributed by atoms with Crippen LogP contribution in [0.5, 0.6) is 0 Å². The Morgan fingerprint density at radius 2 is 1.32 bits per heavy atom. The van der Waals surface area contributed by atoms with Crippen molar-refractivity contribution in [3.05, 3.63) is 119 Å². The molecule has 0 N–H and O–H groups in total. The van der Waals surface area contributed by atoms with Gasteiger partial charge in [-0.3, -0.25) is 0 Å². The Morgan fingerprint density at radius 3 is 1.92 bits per heavy atom. The Kier molecular flexibility index (Phi) is 11.5. The maximum absolute atomic E-state index is 11.3. The minimum atomic E-state index is -4.28. The third-order valence-electron chi connectivity index (χ3n) is 10.2. The number of hydrogen-bond acceptors (Lipinski definition) is 9. The average molecular weight is 790 g/mol. The molecule has 53 heavy (non-hydrogen) atoms. The Labute approximate surface area is 322 Å². The summed E-state index contributed by atoms with van der Waals surface area (Å²) in [5.41, 5.74) is 8.33. The van der Waals surface area contributed by atoms with Crippen molar-refractivity contribution in [1.29, 1.82) is 0 Å². The zero-order chi connectivity index (χ0) is 38.0. The molecule has 0 bridgehead atoms. The van der Waals surface area contributed by atoms with Gasteiger partial charge in [0.1, 0.15) is 6.54 Å². The van der Waals surface area contributed by atoms with Gasteiger partial charge in [0, 0.05) is 68.7 Å². The fourth-order valence-electron chi connectivity index (χ4n) is 7.50. The number of unbranched alkanes of at least 4 members (excludes halogenated alkanes) is 2. The van der Waals surface area contributed by atoms with E-state index < -0.39 is 20.2 Å². The first-order valence-corrected chi connectivity index (χ1v) is 22.7. The molecule has 0 fully saturated rings. The summed E-state index contributed by atoms with van der Waals surface area (Å²) in [5.74, 6) is -0.752. The predicted octanol–water partition coefficient (Wildman–Crippen LogP) is 8.96. The molecule has 12 heteroatoms. The second-order valence-corrected chi connectivity index (χ2v) is 19.5. The van der Waals surface area contributed by atoms with Gasteiger partial charge in [0.15, 0.2) is 5.71 Å². The second-order valence-electron chi connectivity index (χ2n) is 14.6. The first-order chi connectivity index (χ1) is 25.1. The van der Waals surface area contributed by atoms with E-state index in [4.69, 9.17) is 0 Å². The maximum Gasteiger partial charge on any atom is 0.210 e. The number of fused-ring (bicyclic) bond motifs is 2. The van der Waals surface area contributed by atoms with Crippen LogP contribution in [-0.4, -0.2) is 60.8 Å². The fourth-order valence-corrected chi connectivity index (χ4v) is 10.1. The Hall–Kier alpha value is -3.65. The van der Waals surface area contributed by atoms with Crippen LogP contribution in [0.1, 0.15) is 64.5 Å². The summed E-state index contributed by atoms with van der Waals surface area (Å²) < 4.78 is 70.2. The van der Waals surface area contributed by atoms with Crippen molar-refractivity contribution in [1.82, 2.24) is 0 Å². The SMILES string of the molecule is CC1(C)C(=CC=CC=CC2=[N+](CCCCS(=O)(=O)[O-])c3cc(-c4cccs4)ccc3C2(C)C)N(CCCCS(=O)(=O)[O-])c2cc(-c3cccs3)ccc21. The third kappa shape index (κ3) is 8.85. The van der Waals surface area contributed by atoms with Crippen molar-refractivity contribution in [2.45, 2.75) is 64.2 Å². The summed E-state index contributed by atoms with van der Waals surface area (Å²) in [7, 11) is -8.56. The van der Waals surface area contributed by atoms with Crippen LogP contribution in [0.25, 0.3) is 20.9 Å². The molecule has 4 aromatic rings. The standard InChI is InChI=1S/C41H46N2O6S4/c1-40(2)32-20-18-30(36-14-12-24-50-36)28-34(32)42(22-8-10-26-52(44,45)46)38(40)16-6-5-7-17-39-41(3,4)33-21-19-31(37-15-13-25-51-37)29-35(33)43(39)23-9-11-27-53(47,48)49/h5-7,12-21,24-25,28-29H,8-11,22-23,26-27H2,1-4H3,(H-,44,45,46,47,48,49)/p-1. The topological polar surface area (TPSA) is 121 Å². The largest absolute Gasteiger partial charge is 0.748 e. The summed E-state index contributed by atoms with van der Waals surface area (Å²) in [5, 5.41) is 4.12. The lowest BCUT2D eigenvalue weighted by atomic mass is 9.81. The highest BCUT2D eigenvalue weighted by Crippen LogP contribution is 2.49. The number of hydrogen-bond donors (Lipinski definition) is 0. The van der Waals surface area contributed by atoms with E-state index >= 15 is 0 Å². The van der Waals surface area contributed by atoms with Crippen molar-refractivity contribution >= 4 is 60.0 Å². The van der Waals surface area contributed by atoms with Gasteiger partial charge in [-0.25, -0.2) is 16.8 Å². The number of rotatable bonds is 15. The van der Waals surface area contributed by atoms with Crippen LogP contribution in [0, 0.1) is 0 Å². The molecule has 2 aliphatic heterocycles. The molecule has 0 atom stereocenters. The molecule has 6 rings (SSSR count). The minimum absolute atomic E-state index is 0.295. The first-order valence-electron chi connectivity index (χ1n) is 17.8. The summed E-state index contributed by atoms with van der Waals surface area (Å²) in [6.45, 7) is 9.95. The summed E-state index contributed by atoms with van der Waals surface area (Å²) in [6.07, 6.45) is 12.0. The van der Waals surface area contributed by atoms with Crippen molar-refractivity contribution in [2.75, 3.05) is 29.5 Å². The van der Waals surface area contributed by atoms with Crippen molar-refractivity contribution in [3.8, 4) is 20.9 Å². The fraction of sp³-hybridized carbons (Fsp3) is 0.341. The maximum atomic E-state index is 11.3. The molecule has 0 radical (unpaired) electrons. The van der Waals surface area contributed by atoms with Crippen molar-refractivity contribution in [3.63, 3.8) is 0 Å². The lowest BCUT2D eigenvalue weighted by molar-refractivity contribution is -0.438. The van der Waals surface area contributed by atoms with Crippen molar-refractivity contribution in [2.24, 2.45) is 0 Å². The number of thiophene rings is 2. The Bertz CT molecular complexity index is 2300. The Morgan fingerprint density at radius 1 is 0.717 bits per heavy atom. The molecule has 0 amide bonds. The smallest absolute Gasteiger partial charge is 0.210 e. The molecule has 280 valence electrons. The molecule has 0 unspecified atom stereocenters. The van der Waals surface area contributed by atoms with Crippen LogP contribution in [0.3, 0.4) is 0 Å². The number of anilines is 1. The summed E-state index contributed by atoms with van der Waals surface area (Å²) >= 11 is 3.37. The third-order valence-corrected chi connectivity index (χ3v) is 13.6. The summed E-state index contributed by atoms with van der Waals surface area (Å²) in [4.78, 5) is 4.61. The second kappa shape index (κ2) is 15.6. The molecule has 2 aromatic heterocycles. The molecule has 0 spiro atoms. The van der Waals surface area contributed by atoms with Gasteiger partial charge in [0.2, 0.25) is 5.69 Å². The van der Waals surface area contributed by atoms with Crippen LogP contribution < -0.4 is 4.90 Å². The zero-order valence-corrected chi connectivity index (χ0v) is 33.7. The minimum Gasteiger partial charge on any atom is -0.748 e. The van der Waals surface area contributed by atoms with E-state index in [1.165, 1.54) is 20.9 Å². The molecular weight excluding hydrogens is 745 g/mol. The summed E-state index contributed by atoms with van der Waals surface area (Å²) in [6, 6.07) is 21.4. The molecule has 0 saturated heterocycles. The van der Waals surface area contributed by atoms with E-state index in [1.54, 1.807) is 22.7 Å². The van der Waals surface area contributed by atoms with Gasteiger partial charge < -0.3 is 14.0 Å². The zero-order valence-electron chi connectivity index (χ0n) is 30.4. The van der Waals surface area contributed by atoms with E-state index in [2.05, 4.69) is 109 Å². The normalized spacial score (nSPS) is 17.5. The van der Waals surface area contributed by atoms with Crippen molar-refractivity contribution < 1.29 is 30.5 Å². The van der Waals surface area contributed by atoms with E-state index in [0.717, 1.165) is 33.9 Å². The quantitative estimate of drug-likeness (QED) is 0.0510. The number of benzene rings is 2. The van der Waals surface area contributed by atoms with E-state index in [0.29, 0.717) is 38.8 Å². The van der Waals surface area contributed by atoms with Gasteiger partial charge >= 0.3 is 0 Å². The average Bonchev–Trinajstić information content (AvgIpc) is 3.89. The molecular formula is C41H45N2O6S4-. The molecule has 0 aliphatic carbocycles. The molecule has 4 heterocycles. The van der Waals surface area contributed by atoms with Gasteiger partial charge in [-0.05, 0) is 84.8 Å². The predicted molar refractivity (Wildman–Crippen MR) is 217 cm³/mol. The van der Waals surface area contributed by atoms with Gasteiger partial charge in [-0.15, -0.1) is 22.7 Å². The van der Waals surface area contributed by atoms with Crippen LogP contribution >= 0.6 is 22.7 Å². The van der Waals surface area contributed by atoms with Gasteiger partial charge in [-0.1, -0.05) is 68.5 Å². The highest BCUT2D eigenvalue weighted by atomic mass is 32.2. The van der Waals surface area contributed by atoms with Crippen LogP contribution in [0.2, 0.25) is 0 Å². The monoisotopic (exact) mass is 789 g/mol. The van der Waals surface area contributed by atoms with Gasteiger partial charge in [0.05, 0.1) is 25.7 Å². The highest BCUT2D eigenvalue weighted by Gasteiger charge is 2.44. The van der Waals surface area contributed by atoms with Crippen LogP contribution in [0.4, 0.5) is 11.4 Å².